The van der Waals surface area contributed by atoms with Crippen LogP contribution in [0.1, 0.15) is 25.3 Å². The zero-order valence-electron chi connectivity index (χ0n) is 10.2. The molecule has 0 amide bonds. The Labute approximate surface area is 96.6 Å². The highest BCUT2D eigenvalue weighted by Gasteiger charge is 2.19. The molecule has 3 heteroatoms. The Bertz CT molecular complexity index is 393. The summed E-state index contributed by atoms with van der Waals surface area (Å²) in [5.41, 5.74) is 0.888. The van der Waals surface area contributed by atoms with Gasteiger partial charge in [-0.2, -0.15) is 5.26 Å². The Morgan fingerprint density at radius 1 is 1.19 bits per heavy atom. The Kier molecular flexibility index (Phi) is 4.19. The molecule has 0 radical (unpaired) electrons. The summed E-state index contributed by atoms with van der Waals surface area (Å²) < 4.78 is 10.4. The molecule has 3 nitrogen and oxygen atoms in total. The first-order valence-electron chi connectivity index (χ1n) is 5.25. The summed E-state index contributed by atoms with van der Waals surface area (Å²) in [6, 6.07) is 7.84. The molecule has 0 aromatic heterocycles. The Morgan fingerprint density at radius 3 is 2.31 bits per heavy atom. The van der Waals surface area contributed by atoms with Crippen molar-refractivity contribution in [3.05, 3.63) is 23.8 Å². The Morgan fingerprint density at radius 2 is 1.88 bits per heavy atom. The van der Waals surface area contributed by atoms with Gasteiger partial charge in [-0.25, -0.2) is 0 Å². The maximum absolute atomic E-state index is 9.19. The highest BCUT2D eigenvalue weighted by molar-refractivity contribution is 5.44. The van der Waals surface area contributed by atoms with Crippen LogP contribution in [0.15, 0.2) is 18.2 Å². The zero-order chi connectivity index (χ0) is 12.1. The van der Waals surface area contributed by atoms with Crippen molar-refractivity contribution in [2.45, 2.75) is 19.8 Å². The van der Waals surface area contributed by atoms with E-state index in [1.165, 1.54) is 0 Å². The lowest BCUT2D eigenvalue weighted by Gasteiger charge is -2.17. The summed E-state index contributed by atoms with van der Waals surface area (Å²) >= 11 is 0. The molecule has 0 aliphatic rings. The lowest BCUT2D eigenvalue weighted by Crippen LogP contribution is -2.06. The van der Waals surface area contributed by atoms with Crippen LogP contribution in [-0.2, 0) is 0 Å². The fourth-order valence-corrected chi connectivity index (χ4v) is 1.66. The average molecular weight is 219 g/mol. The molecule has 0 aliphatic heterocycles. The standard InChI is InChI=1S/C13H17NO2/c1-9(2)12(8-14)11-7-10(15-3)5-6-13(11)16-4/h5-7,9,12H,1-4H3. The average Bonchev–Trinajstić information content (AvgIpc) is 2.29. The van der Waals surface area contributed by atoms with Gasteiger partial charge in [-0.1, -0.05) is 13.8 Å². The molecule has 1 aromatic carbocycles. The molecule has 1 aromatic rings. The van der Waals surface area contributed by atoms with Crippen LogP contribution in [0.4, 0.5) is 0 Å². The molecule has 1 rings (SSSR count). The van der Waals surface area contributed by atoms with Crippen LogP contribution in [0, 0.1) is 17.2 Å². The molecule has 86 valence electrons. The molecule has 0 saturated carbocycles. The third-order valence-electron chi connectivity index (χ3n) is 2.58. The second-order valence-electron chi connectivity index (χ2n) is 3.96. The van der Waals surface area contributed by atoms with Crippen molar-refractivity contribution in [3.63, 3.8) is 0 Å². The number of ether oxygens (including phenoxy) is 2. The summed E-state index contributed by atoms with van der Waals surface area (Å²) in [6.07, 6.45) is 0. The maximum atomic E-state index is 9.19. The molecule has 0 bridgehead atoms. The number of nitriles is 1. The maximum Gasteiger partial charge on any atom is 0.123 e. The predicted octanol–water partition coefficient (Wildman–Crippen LogP) is 2.97. The second-order valence-corrected chi connectivity index (χ2v) is 3.96. The zero-order valence-corrected chi connectivity index (χ0v) is 10.2. The van der Waals surface area contributed by atoms with Gasteiger partial charge in [-0.15, -0.1) is 0 Å². The molecule has 1 atom stereocenters. The number of hydrogen-bond donors (Lipinski definition) is 0. The second kappa shape index (κ2) is 5.41. The van der Waals surface area contributed by atoms with Crippen molar-refractivity contribution in [1.82, 2.24) is 0 Å². The van der Waals surface area contributed by atoms with Gasteiger partial charge in [0.1, 0.15) is 11.5 Å². The molecular weight excluding hydrogens is 202 g/mol. The lowest BCUT2D eigenvalue weighted by molar-refractivity contribution is 0.393. The van der Waals surface area contributed by atoms with Crippen molar-refractivity contribution in [1.29, 1.82) is 5.26 Å². The van der Waals surface area contributed by atoms with E-state index in [0.29, 0.717) is 0 Å². The van der Waals surface area contributed by atoms with E-state index in [4.69, 9.17) is 9.47 Å². The molecule has 0 saturated heterocycles. The third kappa shape index (κ3) is 2.46. The first-order chi connectivity index (χ1) is 7.63. The van der Waals surface area contributed by atoms with E-state index in [1.807, 2.05) is 32.0 Å². The summed E-state index contributed by atoms with van der Waals surface area (Å²) in [4.78, 5) is 0. The van der Waals surface area contributed by atoms with Gasteiger partial charge in [0.05, 0.1) is 26.2 Å². The van der Waals surface area contributed by atoms with Gasteiger partial charge in [-0.3, -0.25) is 0 Å². The van der Waals surface area contributed by atoms with Gasteiger partial charge in [0.15, 0.2) is 0 Å². The molecule has 0 aliphatic carbocycles. The minimum Gasteiger partial charge on any atom is -0.497 e. The quantitative estimate of drug-likeness (QED) is 0.781. The molecule has 16 heavy (non-hydrogen) atoms. The number of hydrogen-bond acceptors (Lipinski definition) is 3. The summed E-state index contributed by atoms with van der Waals surface area (Å²) in [7, 11) is 3.22. The molecule has 0 spiro atoms. The van der Waals surface area contributed by atoms with Crippen LogP contribution in [0.25, 0.3) is 0 Å². The normalized spacial score (nSPS) is 12.0. The third-order valence-corrected chi connectivity index (χ3v) is 2.58. The Balaban J connectivity index is 3.22. The van der Waals surface area contributed by atoms with E-state index in [9.17, 15) is 5.26 Å². The highest BCUT2D eigenvalue weighted by atomic mass is 16.5. The summed E-state index contributed by atoms with van der Waals surface area (Å²) in [6.45, 7) is 4.04. The minimum atomic E-state index is -0.176. The lowest BCUT2D eigenvalue weighted by atomic mass is 9.89. The van der Waals surface area contributed by atoms with Crippen LogP contribution in [0.5, 0.6) is 11.5 Å². The van der Waals surface area contributed by atoms with Crippen molar-refractivity contribution in [2.75, 3.05) is 14.2 Å². The SMILES string of the molecule is COc1ccc(OC)c(C(C#N)C(C)C)c1. The molecular formula is C13H17NO2. The van der Waals surface area contributed by atoms with Gasteiger partial charge >= 0.3 is 0 Å². The predicted molar refractivity (Wildman–Crippen MR) is 62.7 cm³/mol. The number of benzene rings is 1. The Hall–Kier alpha value is -1.69. The van der Waals surface area contributed by atoms with E-state index < -0.39 is 0 Å². The largest absolute Gasteiger partial charge is 0.497 e. The summed E-state index contributed by atoms with van der Waals surface area (Å²) in [5, 5.41) is 9.19. The molecule has 0 N–H and O–H groups in total. The topological polar surface area (TPSA) is 42.2 Å². The monoisotopic (exact) mass is 219 g/mol. The van der Waals surface area contributed by atoms with Crippen molar-refractivity contribution < 1.29 is 9.47 Å². The number of methoxy groups -OCH3 is 2. The van der Waals surface area contributed by atoms with Crippen molar-refractivity contribution >= 4 is 0 Å². The summed E-state index contributed by atoms with van der Waals surface area (Å²) in [5.74, 6) is 1.55. The minimum absolute atomic E-state index is 0.176. The first-order valence-corrected chi connectivity index (χ1v) is 5.25. The van der Waals surface area contributed by atoms with Gasteiger partial charge in [-0.05, 0) is 24.1 Å². The van der Waals surface area contributed by atoms with Gasteiger partial charge in [0, 0.05) is 5.56 Å². The fourth-order valence-electron chi connectivity index (χ4n) is 1.66. The van der Waals surface area contributed by atoms with E-state index in [-0.39, 0.29) is 11.8 Å². The van der Waals surface area contributed by atoms with E-state index >= 15 is 0 Å². The fraction of sp³-hybridized carbons (Fsp3) is 0.462. The van der Waals surface area contributed by atoms with Crippen molar-refractivity contribution in [3.8, 4) is 17.6 Å². The van der Waals surface area contributed by atoms with Crippen LogP contribution in [-0.4, -0.2) is 14.2 Å². The van der Waals surface area contributed by atoms with E-state index in [1.54, 1.807) is 14.2 Å². The van der Waals surface area contributed by atoms with Crippen LogP contribution in [0.2, 0.25) is 0 Å². The smallest absolute Gasteiger partial charge is 0.123 e. The van der Waals surface area contributed by atoms with Crippen LogP contribution < -0.4 is 9.47 Å². The van der Waals surface area contributed by atoms with Gasteiger partial charge in [0.25, 0.3) is 0 Å². The van der Waals surface area contributed by atoms with Gasteiger partial charge < -0.3 is 9.47 Å². The van der Waals surface area contributed by atoms with Crippen LogP contribution in [0.3, 0.4) is 0 Å². The van der Waals surface area contributed by atoms with Gasteiger partial charge in [0.2, 0.25) is 0 Å². The number of nitrogens with zero attached hydrogens (tertiary/aromatic N) is 1. The van der Waals surface area contributed by atoms with E-state index in [0.717, 1.165) is 17.1 Å². The molecule has 0 heterocycles. The first kappa shape index (κ1) is 12.4. The number of rotatable bonds is 4. The molecule has 1 unspecified atom stereocenters. The highest BCUT2D eigenvalue weighted by Crippen LogP contribution is 2.34. The van der Waals surface area contributed by atoms with Crippen LogP contribution >= 0.6 is 0 Å². The van der Waals surface area contributed by atoms with Crippen molar-refractivity contribution in [2.24, 2.45) is 5.92 Å². The molecule has 0 fully saturated rings. The van der Waals surface area contributed by atoms with E-state index in [2.05, 4.69) is 6.07 Å².